The van der Waals surface area contributed by atoms with Gasteiger partial charge in [0.25, 0.3) is 0 Å². The van der Waals surface area contributed by atoms with Crippen molar-refractivity contribution in [3.8, 4) is 0 Å². The summed E-state index contributed by atoms with van der Waals surface area (Å²) < 4.78 is 21.2. The maximum Gasteiger partial charge on any atom is 0.108 e. The summed E-state index contributed by atoms with van der Waals surface area (Å²) in [5.74, 6) is 3.24. The van der Waals surface area contributed by atoms with Gasteiger partial charge in [0, 0.05) is 11.5 Å². The number of halogens is 1. The van der Waals surface area contributed by atoms with E-state index < -0.39 is 20.1 Å². The van der Waals surface area contributed by atoms with Gasteiger partial charge >= 0.3 is 0 Å². The third-order valence-electron chi connectivity index (χ3n) is 3.13. The van der Waals surface area contributed by atoms with Crippen LogP contribution in [-0.2, 0) is 80.8 Å². The summed E-state index contributed by atoms with van der Waals surface area (Å²) in [6.07, 6.45) is 3.07. The van der Waals surface area contributed by atoms with Gasteiger partial charge in [0.1, 0.15) is 1.12 Å². The molecule has 6 atom stereocenters. The molecule has 0 N–H and O–H groups in total. The van der Waals surface area contributed by atoms with Gasteiger partial charge in [0.2, 0.25) is 0 Å². The van der Waals surface area contributed by atoms with Gasteiger partial charge in [-0.1, -0.05) is 20.3 Å². The quantitative estimate of drug-likeness (QED) is 0.451. The Morgan fingerprint density at radius 3 is 2.47 bits per heavy atom. The highest BCUT2D eigenvalue weighted by molar-refractivity contribution is 8.48. The normalized spacial score (nSPS) is 21.6. The molecule has 0 saturated heterocycles. The average Bonchev–Trinajstić information content (AvgIpc) is 2.41. The van der Waals surface area contributed by atoms with Crippen LogP contribution in [0.2, 0.25) is 0 Å². The molecule has 6 unspecified atom stereocenters. The predicted octanol–water partition coefficient (Wildman–Crippen LogP) is 2.21. The second-order valence-corrected chi connectivity index (χ2v) is 14.4. The zero-order chi connectivity index (χ0) is 15.7. The first-order chi connectivity index (χ1) is 9.35. The lowest BCUT2D eigenvalue weighted by molar-refractivity contribution is 0.303. The van der Waals surface area contributed by atoms with Crippen LogP contribution in [0.3, 0.4) is 0 Å². The van der Waals surface area contributed by atoms with Crippen LogP contribution in [0, 0.1) is 17.8 Å². The number of hydrogen-bond donors (Lipinski definition) is 1. The average molecular weight is 418 g/mol. The largest absolute Gasteiger partial charge is 0.162 e. The van der Waals surface area contributed by atoms with Crippen LogP contribution in [-0.4, -0.2) is 24.6 Å². The molecule has 0 radical (unpaired) electrons. The summed E-state index contributed by atoms with van der Waals surface area (Å²) in [6.45, 7) is 4.29. The molecule has 0 amide bonds. The highest BCUT2D eigenvalue weighted by Gasteiger charge is 2.26. The Morgan fingerprint density at radius 1 is 1.42 bits per heavy atom. The van der Waals surface area contributed by atoms with Crippen LogP contribution < -0.4 is 0 Å². The van der Waals surface area contributed by atoms with E-state index in [1.165, 1.54) is 17.8 Å². The smallest absolute Gasteiger partial charge is 0.108 e. The Balaban J connectivity index is 5.17. The summed E-state index contributed by atoms with van der Waals surface area (Å²) in [5.41, 5.74) is 0. The maximum atomic E-state index is 13.3. The minimum absolute atomic E-state index is 0.147. The van der Waals surface area contributed by atoms with E-state index in [1.807, 2.05) is 0 Å². The highest BCUT2D eigenvalue weighted by Crippen LogP contribution is 2.26. The fourth-order valence-corrected chi connectivity index (χ4v) is 7.75. The molecule has 0 rings (SSSR count). The van der Waals surface area contributed by atoms with E-state index in [0.717, 1.165) is 17.9 Å². The third-order valence-corrected chi connectivity index (χ3v) is 10.8. The molecule has 0 aliphatic rings. The standard InChI is InChI=1S/C10H21FS8/c1-4-9(7-19(11)14)10(5-15-16-12)8(2)6-18(3)17-13/h8-10,15H,4-7H2,1-3H3/i15D. The van der Waals surface area contributed by atoms with E-state index >= 15 is 0 Å². The Labute approximate surface area is 146 Å². The van der Waals surface area contributed by atoms with Crippen molar-refractivity contribution in [2.24, 2.45) is 17.8 Å². The molecule has 0 saturated carbocycles. The van der Waals surface area contributed by atoms with Crippen molar-refractivity contribution in [3.05, 3.63) is 0 Å². The van der Waals surface area contributed by atoms with Crippen LogP contribution in [0.4, 0.5) is 3.89 Å². The molecule has 0 aromatic carbocycles. The van der Waals surface area contributed by atoms with Crippen molar-refractivity contribution in [3.63, 3.8) is 0 Å². The summed E-state index contributed by atoms with van der Waals surface area (Å²) >= 11 is 14.7. The minimum atomic E-state index is -1.45. The zero-order valence-corrected chi connectivity index (χ0v) is 17.7. The van der Waals surface area contributed by atoms with E-state index in [2.05, 4.69) is 20.1 Å². The predicted molar refractivity (Wildman–Crippen MR) is 108 cm³/mol. The van der Waals surface area contributed by atoms with Crippen molar-refractivity contribution in [1.29, 1.82) is 1.12 Å². The third kappa shape index (κ3) is 9.65. The molecule has 0 aliphatic carbocycles. The summed E-state index contributed by atoms with van der Waals surface area (Å²) in [6, 6.07) is 0. The first kappa shape index (κ1) is 19.1. The Morgan fingerprint density at radius 2 is 2.05 bits per heavy atom. The maximum absolute atomic E-state index is 13.3. The lowest BCUT2D eigenvalue weighted by Crippen LogP contribution is -2.30. The fraction of sp³-hybridized carbons (Fsp3) is 1.00. The van der Waals surface area contributed by atoms with E-state index in [4.69, 9.17) is 34.7 Å². The van der Waals surface area contributed by atoms with Crippen LogP contribution in [0.15, 0.2) is 0 Å². The molecule has 0 bridgehead atoms. The van der Waals surface area contributed by atoms with Crippen molar-refractivity contribution < 1.29 is 3.89 Å². The second kappa shape index (κ2) is 12.6. The van der Waals surface area contributed by atoms with Gasteiger partial charge in [-0.25, -0.2) is 0 Å². The SMILES string of the molecule is [2H]S(CC(C(C)CS(C)=S=S)C(CC)CS(F)=S)=S=S. The van der Waals surface area contributed by atoms with Gasteiger partial charge < -0.3 is 0 Å². The minimum Gasteiger partial charge on any atom is -0.162 e. The number of thiol groups is 1. The molecule has 9 heteroatoms. The Bertz CT molecular complexity index is 441. The molecule has 0 aromatic rings. The molecule has 0 aromatic heterocycles. The molecular formula is C10H21FS8. The number of rotatable bonds is 9. The van der Waals surface area contributed by atoms with E-state index in [1.54, 1.807) is 0 Å². The number of hydrogen-bond acceptors (Lipinski definition) is 3. The molecule has 0 spiro atoms. The van der Waals surface area contributed by atoms with E-state index in [-0.39, 0.29) is 15.4 Å². The van der Waals surface area contributed by atoms with Crippen molar-refractivity contribution in [2.45, 2.75) is 20.3 Å². The first-order valence-corrected chi connectivity index (χ1v) is 15.4. The van der Waals surface area contributed by atoms with Crippen LogP contribution >= 0.6 is 0 Å². The van der Waals surface area contributed by atoms with Gasteiger partial charge in [-0.15, -0.1) is 19.7 Å². The topological polar surface area (TPSA) is 0 Å². The molecule has 19 heavy (non-hydrogen) atoms. The van der Waals surface area contributed by atoms with Crippen LogP contribution in [0.1, 0.15) is 20.3 Å². The van der Waals surface area contributed by atoms with E-state index in [9.17, 15) is 3.89 Å². The molecule has 0 heterocycles. The molecule has 116 valence electrons. The monoisotopic (exact) mass is 417 g/mol. The molecule has 0 aliphatic heterocycles. The summed E-state index contributed by atoms with van der Waals surface area (Å²) in [4.78, 5) is 0. The summed E-state index contributed by atoms with van der Waals surface area (Å²) in [5, 5.41) is 0. The molecule has 0 nitrogen and oxygen atoms in total. The highest BCUT2D eigenvalue weighted by atomic mass is 33.1. The van der Waals surface area contributed by atoms with Crippen LogP contribution in [0.25, 0.3) is 0 Å². The zero-order valence-electron chi connectivity index (χ0n) is 12.2. The lowest BCUT2D eigenvalue weighted by Gasteiger charge is -2.30. The van der Waals surface area contributed by atoms with Gasteiger partial charge in [0.15, 0.2) is 0 Å². The lowest BCUT2D eigenvalue weighted by atomic mass is 9.84. The van der Waals surface area contributed by atoms with Gasteiger partial charge in [-0.2, -0.15) is 3.89 Å². The molecular weight excluding hydrogens is 396 g/mol. The van der Waals surface area contributed by atoms with Crippen molar-refractivity contribution in [2.75, 3.05) is 23.5 Å². The first-order valence-electron chi connectivity index (χ1n) is 6.25. The molecule has 0 fully saturated rings. The van der Waals surface area contributed by atoms with Gasteiger partial charge in [-0.3, -0.25) is 0 Å². The van der Waals surface area contributed by atoms with Crippen molar-refractivity contribution in [1.82, 2.24) is 0 Å². The van der Waals surface area contributed by atoms with Gasteiger partial charge in [-0.05, 0) is 81.1 Å². The van der Waals surface area contributed by atoms with Crippen molar-refractivity contribution >= 4 is 80.8 Å². The fourth-order valence-electron chi connectivity index (χ4n) is 2.11. The summed E-state index contributed by atoms with van der Waals surface area (Å²) in [7, 11) is 0.774. The van der Waals surface area contributed by atoms with E-state index in [0.29, 0.717) is 17.6 Å². The van der Waals surface area contributed by atoms with Crippen LogP contribution in [0.5, 0.6) is 0 Å². The Kier molecular flexibility index (Phi) is 12.7. The van der Waals surface area contributed by atoms with Gasteiger partial charge in [0.05, 0.1) is 9.84 Å². The Hall–Kier alpha value is 2.08. The second-order valence-electron chi connectivity index (χ2n) is 4.43.